The van der Waals surface area contributed by atoms with Crippen LogP contribution in [0.2, 0.25) is 0 Å². The molecule has 2 aromatic carbocycles. The van der Waals surface area contributed by atoms with E-state index in [9.17, 15) is 5.11 Å². The van der Waals surface area contributed by atoms with E-state index in [4.69, 9.17) is 0 Å². The van der Waals surface area contributed by atoms with Crippen molar-refractivity contribution in [1.29, 1.82) is 0 Å². The maximum Gasteiger partial charge on any atom is 0.0782 e. The first-order valence-electron chi connectivity index (χ1n) is 6.40. The molecule has 0 saturated carbocycles. The van der Waals surface area contributed by atoms with Crippen LogP contribution in [-0.4, -0.2) is 12.2 Å². The van der Waals surface area contributed by atoms with E-state index in [0.29, 0.717) is 0 Å². The van der Waals surface area contributed by atoms with Crippen LogP contribution in [0.3, 0.4) is 0 Å². The third-order valence-corrected chi connectivity index (χ3v) is 4.15. The number of aliphatic hydroxyl groups is 1. The van der Waals surface area contributed by atoms with E-state index < -0.39 is 6.10 Å². The molecular weight excluding hydrogens is 382 g/mol. The van der Waals surface area contributed by atoms with Crippen LogP contribution in [0.5, 0.6) is 0 Å². The summed E-state index contributed by atoms with van der Waals surface area (Å²) in [6, 6.07) is 14.2. The fourth-order valence-corrected chi connectivity index (χ4v) is 2.99. The summed E-state index contributed by atoms with van der Waals surface area (Å²) in [7, 11) is 2.04. The molecule has 1 N–H and O–H groups in total. The monoisotopic (exact) mass is 397 g/mol. The Bertz CT molecular complexity index is 599. The van der Waals surface area contributed by atoms with Gasteiger partial charge in [0.2, 0.25) is 0 Å². The minimum Gasteiger partial charge on any atom is -0.389 e. The molecule has 0 aliphatic rings. The highest BCUT2D eigenvalue weighted by Crippen LogP contribution is 2.30. The summed E-state index contributed by atoms with van der Waals surface area (Å²) < 4.78 is 2.09. The predicted octanol–water partition coefficient (Wildman–Crippen LogP) is 4.90. The molecule has 0 aromatic heterocycles. The van der Waals surface area contributed by atoms with Gasteiger partial charge in [-0.05, 0) is 36.8 Å². The second-order valence-corrected chi connectivity index (χ2v) is 6.70. The van der Waals surface area contributed by atoms with Gasteiger partial charge in [-0.3, -0.25) is 0 Å². The van der Waals surface area contributed by atoms with Crippen molar-refractivity contribution in [3.63, 3.8) is 0 Å². The van der Waals surface area contributed by atoms with Gasteiger partial charge in [0.25, 0.3) is 0 Å². The second-order valence-electron chi connectivity index (χ2n) is 4.87. The molecule has 0 heterocycles. The fraction of sp³-hybridized carbons (Fsp3) is 0.250. The Kier molecular flexibility index (Phi) is 5.24. The number of nitrogens with zero attached hydrogens (tertiary/aromatic N) is 1. The first-order valence-corrected chi connectivity index (χ1v) is 7.99. The zero-order chi connectivity index (χ0) is 14.7. The maximum absolute atomic E-state index is 9.91. The van der Waals surface area contributed by atoms with Gasteiger partial charge in [0, 0.05) is 33.8 Å². The first kappa shape index (κ1) is 15.5. The van der Waals surface area contributed by atoms with E-state index in [-0.39, 0.29) is 0 Å². The summed E-state index contributed by atoms with van der Waals surface area (Å²) in [6.45, 7) is 2.58. The van der Waals surface area contributed by atoms with Crippen LogP contribution in [0.1, 0.15) is 24.2 Å². The molecule has 0 bridgehead atoms. The lowest BCUT2D eigenvalue weighted by atomic mass is 10.1. The van der Waals surface area contributed by atoms with Crippen LogP contribution in [0.4, 0.5) is 5.69 Å². The molecule has 0 aliphatic heterocycles. The summed E-state index contributed by atoms with van der Waals surface area (Å²) >= 11 is 6.99. The van der Waals surface area contributed by atoms with Gasteiger partial charge in [-0.15, -0.1) is 0 Å². The zero-order valence-corrected chi connectivity index (χ0v) is 14.6. The van der Waals surface area contributed by atoms with E-state index in [1.807, 2.05) is 37.4 Å². The van der Waals surface area contributed by atoms with Gasteiger partial charge in [0.15, 0.2) is 0 Å². The summed E-state index contributed by atoms with van der Waals surface area (Å²) in [6.07, 6.45) is -0.483. The molecule has 0 spiro atoms. The molecule has 2 aromatic rings. The number of aliphatic hydroxyl groups excluding tert-OH is 1. The van der Waals surface area contributed by atoms with Crippen molar-refractivity contribution >= 4 is 37.5 Å². The Labute approximate surface area is 136 Å². The molecule has 2 rings (SSSR count). The van der Waals surface area contributed by atoms with Gasteiger partial charge in [-0.1, -0.05) is 50.1 Å². The molecule has 0 radical (unpaired) electrons. The average Bonchev–Trinajstić information content (AvgIpc) is 2.38. The van der Waals surface area contributed by atoms with Gasteiger partial charge >= 0.3 is 0 Å². The molecule has 20 heavy (non-hydrogen) atoms. The van der Waals surface area contributed by atoms with E-state index in [2.05, 4.69) is 48.9 Å². The lowest BCUT2D eigenvalue weighted by molar-refractivity contribution is 0.199. The largest absolute Gasteiger partial charge is 0.389 e. The molecule has 0 amide bonds. The van der Waals surface area contributed by atoms with Crippen LogP contribution < -0.4 is 4.90 Å². The van der Waals surface area contributed by atoms with Crippen LogP contribution >= 0.6 is 31.9 Å². The second kappa shape index (κ2) is 6.74. The lowest BCUT2D eigenvalue weighted by Crippen LogP contribution is -2.18. The average molecular weight is 399 g/mol. The molecule has 1 unspecified atom stereocenters. The number of hydrogen-bond donors (Lipinski definition) is 1. The summed E-state index contributed by atoms with van der Waals surface area (Å²) in [5.74, 6) is 0. The molecule has 0 fully saturated rings. The SMILES string of the molecule is CC(O)c1ccc(Br)cc1N(C)Cc1cccc(Br)c1. The van der Waals surface area contributed by atoms with Crippen LogP contribution in [0.15, 0.2) is 51.4 Å². The summed E-state index contributed by atoms with van der Waals surface area (Å²) in [5, 5.41) is 9.91. The molecule has 2 nitrogen and oxygen atoms in total. The van der Waals surface area contributed by atoms with Gasteiger partial charge in [0.1, 0.15) is 0 Å². The van der Waals surface area contributed by atoms with Crippen molar-refractivity contribution in [2.24, 2.45) is 0 Å². The van der Waals surface area contributed by atoms with Gasteiger partial charge < -0.3 is 10.0 Å². The van der Waals surface area contributed by atoms with Gasteiger partial charge in [0.05, 0.1) is 6.10 Å². The predicted molar refractivity (Wildman–Crippen MR) is 91.0 cm³/mol. The Balaban J connectivity index is 2.28. The van der Waals surface area contributed by atoms with Crippen molar-refractivity contribution in [3.05, 3.63) is 62.5 Å². The van der Waals surface area contributed by atoms with E-state index >= 15 is 0 Å². The molecule has 106 valence electrons. The zero-order valence-electron chi connectivity index (χ0n) is 11.5. The Morgan fingerprint density at radius 2 is 1.80 bits per heavy atom. The van der Waals surface area contributed by atoms with Crippen molar-refractivity contribution in [1.82, 2.24) is 0 Å². The molecule has 1 atom stereocenters. The smallest absolute Gasteiger partial charge is 0.0782 e. The van der Waals surface area contributed by atoms with Crippen LogP contribution in [0, 0.1) is 0 Å². The Hall–Kier alpha value is -0.840. The van der Waals surface area contributed by atoms with Gasteiger partial charge in [-0.25, -0.2) is 0 Å². The third kappa shape index (κ3) is 3.84. The fourth-order valence-electron chi connectivity index (χ4n) is 2.20. The highest BCUT2D eigenvalue weighted by molar-refractivity contribution is 9.10. The minimum atomic E-state index is -0.483. The molecule has 0 saturated heterocycles. The van der Waals surface area contributed by atoms with Crippen molar-refractivity contribution in [2.45, 2.75) is 19.6 Å². The van der Waals surface area contributed by atoms with E-state index in [1.54, 1.807) is 6.92 Å². The standard InChI is InChI=1S/C16H17Br2NO/c1-11(20)15-7-6-14(18)9-16(15)19(2)10-12-4-3-5-13(17)8-12/h3-9,11,20H,10H2,1-2H3. The first-order chi connectivity index (χ1) is 9.47. The third-order valence-electron chi connectivity index (χ3n) is 3.16. The Morgan fingerprint density at radius 3 is 2.45 bits per heavy atom. The topological polar surface area (TPSA) is 23.5 Å². The van der Waals surface area contributed by atoms with Crippen LogP contribution in [0.25, 0.3) is 0 Å². The Morgan fingerprint density at radius 1 is 1.10 bits per heavy atom. The molecule has 4 heteroatoms. The van der Waals surface area contributed by atoms with Crippen molar-refractivity contribution < 1.29 is 5.11 Å². The number of hydrogen-bond acceptors (Lipinski definition) is 2. The number of benzene rings is 2. The molecular formula is C16H17Br2NO. The molecule has 0 aliphatic carbocycles. The minimum absolute atomic E-state index is 0.483. The van der Waals surface area contributed by atoms with Crippen LogP contribution in [-0.2, 0) is 6.54 Å². The van der Waals surface area contributed by atoms with Crippen molar-refractivity contribution in [2.75, 3.05) is 11.9 Å². The highest BCUT2D eigenvalue weighted by Gasteiger charge is 2.12. The quantitative estimate of drug-likeness (QED) is 0.791. The lowest BCUT2D eigenvalue weighted by Gasteiger charge is -2.24. The number of anilines is 1. The number of halogens is 2. The highest BCUT2D eigenvalue weighted by atomic mass is 79.9. The van der Waals surface area contributed by atoms with Crippen molar-refractivity contribution in [3.8, 4) is 0 Å². The van der Waals surface area contributed by atoms with E-state index in [1.165, 1.54) is 5.56 Å². The van der Waals surface area contributed by atoms with E-state index in [0.717, 1.165) is 26.7 Å². The summed E-state index contributed by atoms with van der Waals surface area (Å²) in [4.78, 5) is 2.15. The maximum atomic E-state index is 9.91. The van der Waals surface area contributed by atoms with Gasteiger partial charge in [-0.2, -0.15) is 0 Å². The normalized spacial score (nSPS) is 12.2. The summed E-state index contributed by atoms with van der Waals surface area (Å²) in [5.41, 5.74) is 3.19. The number of rotatable bonds is 4.